The van der Waals surface area contributed by atoms with E-state index in [1.807, 2.05) is 25.1 Å². The van der Waals surface area contributed by atoms with Crippen LogP contribution in [0.2, 0.25) is 0 Å². The number of nitrogens with zero attached hydrogens (tertiary/aromatic N) is 2. The van der Waals surface area contributed by atoms with Crippen LogP contribution in [0.5, 0.6) is 0 Å². The number of anilines is 1. The molecule has 1 fully saturated rings. The molecular weight excluding hydrogens is 356 g/mol. The number of aromatic nitrogens is 1. The molecule has 27 heavy (non-hydrogen) atoms. The van der Waals surface area contributed by atoms with Crippen molar-refractivity contribution in [1.29, 1.82) is 0 Å². The number of hydrogen-bond donors (Lipinski definition) is 0. The molecule has 0 aliphatic carbocycles. The smallest absolute Gasteiger partial charge is 0.210 e. The molecule has 4 nitrogen and oxygen atoms in total. The van der Waals surface area contributed by atoms with E-state index in [1.165, 1.54) is 12.6 Å². The summed E-state index contributed by atoms with van der Waals surface area (Å²) in [7, 11) is -3.65. The van der Waals surface area contributed by atoms with Gasteiger partial charge in [0.15, 0.2) is 0 Å². The van der Waals surface area contributed by atoms with Crippen molar-refractivity contribution in [3.63, 3.8) is 0 Å². The van der Waals surface area contributed by atoms with Gasteiger partial charge >= 0.3 is 0 Å². The second-order valence-electron chi connectivity index (χ2n) is 7.35. The van der Waals surface area contributed by atoms with Crippen LogP contribution in [0.15, 0.2) is 64.5 Å². The first kappa shape index (κ1) is 18.0. The third-order valence-corrected chi connectivity index (χ3v) is 7.17. The molecule has 3 aromatic rings. The van der Waals surface area contributed by atoms with Crippen molar-refractivity contribution in [3.8, 4) is 0 Å². The van der Waals surface area contributed by atoms with Gasteiger partial charge in [-0.15, -0.1) is 0 Å². The molecule has 1 atom stereocenters. The molecule has 5 heteroatoms. The number of sulfone groups is 1. The van der Waals surface area contributed by atoms with Crippen molar-refractivity contribution in [2.75, 3.05) is 11.4 Å². The van der Waals surface area contributed by atoms with Gasteiger partial charge in [-0.05, 0) is 57.4 Å². The number of hydrogen-bond acceptors (Lipinski definition) is 4. The van der Waals surface area contributed by atoms with E-state index in [4.69, 9.17) is 0 Å². The molecule has 140 valence electrons. The number of aryl methyl sites for hydroxylation is 1. The van der Waals surface area contributed by atoms with Gasteiger partial charge in [-0.2, -0.15) is 0 Å². The Morgan fingerprint density at radius 3 is 2.59 bits per heavy atom. The van der Waals surface area contributed by atoms with Crippen molar-refractivity contribution in [1.82, 2.24) is 4.98 Å². The van der Waals surface area contributed by atoms with Crippen LogP contribution in [0.4, 0.5) is 5.69 Å². The Morgan fingerprint density at radius 1 is 1.07 bits per heavy atom. The topological polar surface area (TPSA) is 50.3 Å². The molecule has 0 saturated carbocycles. The zero-order valence-corrected chi connectivity index (χ0v) is 16.5. The van der Waals surface area contributed by atoms with E-state index in [1.54, 1.807) is 24.3 Å². The molecule has 1 saturated heterocycles. The molecule has 2 aromatic carbocycles. The average Bonchev–Trinajstić information content (AvgIpc) is 2.68. The van der Waals surface area contributed by atoms with E-state index in [-0.39, 0.29) is 0 Å². The van der Waals surface area contributed by atoms with E-state index in [9.17, 15) is 8.42 Å². The lowest BCUT2D eigenvalue weighted by molar-refractivity contribution is 0.483. The molecule has 0 N–H and O–H groups in total. The van der Waals surface area contributed by atoms with Crippen molar-refractivity contribution < 1.29 is 8.42 Å². The molecule has 0 spiro atoms. The van der Waals surface area contributed by atoms with Crippen molar-refractivity contribution >= 4 is 26.4 Å². The first-order valence-electron chi connectivity index (χ1n) is 9.44. The van der Waals surface area contributed by atoms with Gasteiger partial charge in [0.05, 0.1) is 16.1 Å². The fraction of sp³-hybridized carbons (Fsp3) is 0.318. The normalized spacial score (nSPS) is 18.0. The second kappa shape index (κ2) is 6.97. The number of rotatable bonds is 3. The number of piperidine rings is 1. The summed E-state index contributed by atoms with van der Waals surface area (Å²) in [5, 5.41) is 0.917. The van der Waals surface area contributed by atoms with Crippen LogP contribution < -0.4 is 4.90 Å². The van der Waals surface area contributed by atoms with Gasteiger partial charge in [0.25, 0.3) is 0 Å². The predicted octanol–water partition coefficient (Wildman–Crippen LogP) is 4.75. The SMILES string of the molecule is Cc1ccc2ncc(S(=O)(=O)c3ccccc3)c(N3CCCC[C@H]3C)c2c1. The zero-order valence-electron chi connectivity index (χ0n) is 15.7. The Kier molecular flexibility index (Phi) is 4.64. The highest BCUT2D eigenvalue weighted by molar-refractivity contribution is 7.91. The van der Waals surface area contributed by atoms with Crippen LogP contribution >= 0.6 is 0 Å². The minimum Gasteiger partial charge on any atom is -0.367 e. The predicted molar refractivity (Wildman–Crippen MR) is 109 cm³/mol. The van der Waals surface area contributed by atoms with Crippen LogP contribution in [-0.4, -0.2) is 26.0 Å². The molecule has 0 bridgehead atoms. The van der Waals surface area contributed by atoms with E-state index in [2.05, 4.69) is 22.9 Å². The van der Waals surface area contributed by atoms with Gasteiger partial charge in [-0.3, -0.25) is 4.98 Å². The molecule has 0 unspecified atom stereocenters. The fourth-order valence-electron chi connectivity index (χ4n) is 3.92. The summed E-state index contributed by atoms with van der Waals surface area (Å²) in [5.74, 6) is 0. The summed E-state index contributed by atoms with van der Waals surface area (Å²) >= 11 is 0. The van der Waals surface area contributed by atoms with Gasteiger partial charge in [-0.1, -0.05) is 29.8 Å². The highest BCUT2D eigenvalue weighted by Crippen LogP contribution is 2.38. The van der Waals surface area contributed by atoms with E-state index < -0.39 is 9.84 Å². The first-order chi connectivity index (χ1) is 13.0. The molecule has 0 amide bonds. The minimum absolute atomic E-state index is 0.301. The summed E-state index contributed by atoms with van der Waals surface area (Å²) in [6, 6.07) is 15.0. The second-order valence-corrected chi connectivity index (χ2v) is 9.26. The summed E-state index contributed by atoms with van der Waals surface area (Å²) < 4.78 is 26.9. The van der Waals surface area contributed by atoms with Gasteiger partial charge in [0.1, 0.15) is 4.90 Å². The molecule has 1 aliphatic rings. The largest absolute Gasteiger partial charge is 0.367 e. The lowest BCUT2D eigenvalue weighted by Gasteiger charge is -2.37. The Balaban J connectivity index is 2.02. The molecule has 4 rings (SSSR count). The summed E-state index contributed by atoms with van der Waals surface area (Å²) in [5.41, 5.74) is 2.74. The highest BCUT2D eigenvalue weighted by atomic mass is 32.2. The van der Waals surface area contributed by atoms with E-state index in [0.717, 1.165) is 41.5 Å². The Morgan fingerprint density at radius 2 is 1.85 bits per heavy atom. The summed E-state index contributed by atoms with van der Waals surface area (Å²) in [4.78, 5) is 7.37. The number of pyridine rings is 1. The lowest BCUT2D eigenvalue weighted by Crippen LogP contribution is -2.38. The van der Waals surface area contributed by atoms with Gasteiger partial charge in [-0.25, -0.2) is 8.42 Å². The zero-order chi connectivity index (χ0) is 19.0. The van der Waals surface area contributed by atoms with Gasteiger partial charge < -0.3 is 4.90 Å². The number of benzene rings is 2. The van der Waals surface area contributed by atoms with Crippen LogP contribution in [0.25, 0.3) is 10.9 Å². The van der Waals surface area contributed by atoms with Crippen LogP contribution in [0.3, 0.4) is 0 Å². The molecule has 1 aliphatic heterocycles. The van der Waals surface area contributed by atoms with E-state index >= 15 is 0 Å². The van der Waals surface area contributed by atoms with Crippen molar-refractivity contribution in [2.24, 2.45) is 0 Å². The molecular formula is C22H24N2O2S. The third kappa shape index (κ3) is 3.21. The Bertz CT molecular complexity index is 1080. The summed E-state index contributed by atoms with van der Waals surface area (Å²) in [6.45, 7) is 5.08. The standard InChI is InChI=1S/C22H24N2O2S/c1-16-11-12-20-19(14-16)22(24-13-7-6-8-17(24)2)21(15-23-20)27(25,26)18-9-4-3-5-10-18/h3-5,9-12,14-15,17H,6-8,13H2,1-2H3/t17-/m1/s1. The van der Waals surface area contributed by atoms with Gasteiger partial charge in [0, 0.05) is 24.2 Å². The quantitative estimate of drug-likeness (QED) is 0.658. The van der Waals surface area contributed by atoms with Crippen LogP contribution in [-0.2, 0) is 9.84 Å². The average molecular weight is 381 g/mol. The first-order valence-corrected chi connectivity index (χ1v) is 10.9. The van der Waals surface area contributed by atoms with Crippen molar-refractivity contribution in [2.45, 2.75) is 48.9 Å². The maximum Gasteiger partial charge on any atom is 0.210 e. The van der Waals surface area contributed by atoms with E-state index in [0.29, 0.717) is 15.8 Å². The maximum absolute atomic E-state index is 13.5. The maximum atomic E-state index is 13.5. The lowest BCUT2D eigenvalue weighted by atomic mass is 10.0. The molecule has 1 aromatic heterocycles. The monoisotopic (exact) mass is 380 g/mol. The van der Waals surface area contributed by atoms with Gasteiger partial charge in [0.2, 0.25) is 9.84 Å². The Labute approximate surface area is 160 Å². The summed E-state index contributed by atoms with van der Waals surface area (Å²) in [6.07, 6.45) is 4.86. The minimum atomic E-state index is -3.65. The van der Waals surface area contributed by atoms with Crippen molar-refractivity contribution in [3.05, 3.63) is 60.3 Å². The third-order valence-electron chi connectivity index (χ3n) is 5.39. The fourth-order valence-corrected chi connectivity index (χ4v) is 5.37. The van der Waals surface area contributed by atoms with Crippen LogP contribution in [0.1, 0.15) is 31.7 Å². The number of fused-ring (bicyclic) bond motifs is 1. The highest BCUT2D eigenvalue weighted by Gasteiger charge is 2.29. The molecule has 0 radical (unpaired) electrons. The molecule has 2 heterocycles. The van der Waals surface area contributed by atoms with Crippen LogP contribution in [0, 0.1) is 6.92 Å². The Hall–Kier alpha value is -2.40.